The Hall–Kier alpha value is -1.25. The average Bonchev–Trinajstić information content (AvgIpc) is 2.69. The number of aromatic hydroxyl groups is 1. The van der Waals surface area contributed by atoms with Crippen molar-refractivity contribution < 1.29 is 14.3 Å². The van der Waals surface area contributed by atoms with E-state index in [2.05, 4.69) is 20.8 Å². The Kier molecular flexibility index (Phi) is 3.79. The van der Waals surface area contributed by atoms with Crippen molar-refractivity contribution in [3.05, 3.63) is 17.6 Å². The van der Waals surface area contributed by atoms with Crippen LogP contribution in [0.2, 0.25) is 0 Å². The van der Waals surface area contributed by atoms with Crippen molar-refractivity contribution in [1.82, 2.24) is 0 Å². The summed E-state index contributed by atoms with van der Waals surface area (Å²) in [6, 6.07) is 0. The lowest BCUT2D eigenvalue weighted by molar-refractivity contribution is 0.109. The summed E-state index contributed by atoms with van der Waals surface area (Å²) in [6.45, 7) is 6.66. The number of aldehydes is 1. The largest absolute Gasteiger partial charge is 0.504 e. The van der Waals surface area contributed by atoms with E-state index in [-0.39, 0.29) is 11.7 Å². The first kappa shape index (κ1) is 13.2. The molecule has 0 radical (unpaired) electrons. The van der Waals surface area contributed by atoms with E-state index in [4.69, 9.17) is 4.42 Å². The van der Waals surface area contributed by atoms with Crippen molar-refractivity contribution in [3.8, 4) is 5.75 Å². The molecule has 1 aliphatic rings. The first-order chi connectivity index (χ1) is 8.54. The summed E-state index contributed by atoms with van der Waals surface area (Å²) >= 11 is 0. The Morgan fingerprint density at radius 1 is 1.44 bits per heavy atom. The Bertz CT molecular complexity index is 419. The molecule has 3 nitrogen and oxygen atoms in total. The molecule has 1 aromatic rings. The van der Waals surface area contributed by atoms with Gasteiger partial charge in [0.05, 0.1) is 0 Å². The molecule has 3 atom stereocenters. The average molecular weight is 250 g/mol. The molecule has 1 fully saturated rings. The summed E-state index contributed by atoms with van der Waals surface area (Å²) in [5.41, 5.74) is 0.732. The van der Waals surface area contributed by atoms with Gasteiger partial charge in [-0.25, -0.2) is 0 Å². The van der Waals surface area contributed by atoms with Crippen molar-refractivity contribution in [2.45, 2.75) is 46.0 Å². The van der Waals surface area contributed by atoms with Crippen molar-refractivity contribution in [1.29, 1.82) is 0 Å². The second-order valence-electron chi connectivity index (χ2n) is 5.95. The van der Waals surface area contributed by atoms with Crippen LogP contribution in [0, 0.1) is 17.8 Å². The number of carbonyl (C=O) groups is 1. The second kappa shape index (κ2) is 5.17. The minimum Gasteiger partial charge on any atom is -0.504 e. The van der Waals surface area contributed by atoms with E-state index in [1.807, 2.05) is 0 Å². The molecule has 1 aromatic heterocycles. The third-order valence-electron chi connectivity index (χ3n) is 4.34. The Morgan fingerprint density at radius 3 is 2.78 bits per heavy atom. The lowest BCUT2D eigenvalue weighted by Crippen LogP contribution is -2.26. The van der Waals surface area contributed by atoms with Gasteiger partial charge >= 0.3 is 0 Å². The van der Waals surface area contributed by atoms with Gasteiger partial charge in [0.1, 0.15) is 6.26 Å². The van der Waals surface area contributed by atoms with E-state index in [1.54, 1.807) is 0 Å². The smallest absolute Gasteiger partial charge is 0.185 e. The fourth-order valence-electron chi connectivity index (χ4n) is 3.37. The van der Waals surface area contributed by atoms with Crippen LogP contribution in [0.1, 0.15) is 62.1 Å². The van der Waals surface area contributed by atoms with Gasteiger partial charge in [-0.15, -0.1) is 0 Å². The number of hydrogen-bond donors (Lipinski definition) is 1. The molecule has 0 aromatic carbocycles. The molecule has 0 bridgehead atoms. The normalized spacial score (nSPS) is 28.6. The molecule has 3 heteroatoms. The Morgan fingerprint density at radius 2 is 2.17 bits per heavy atom. The highest BCUT2D eigenvalue weighted by atomic mass is 16.4. The maximum atomic E-state index is 11.0. The van der Waals surface area contributed by atoms with Crippen LogP contribution in [-0.2, 0) is 0 Å². The number of furan rings is 1. The van der Waals surface area contributed by atoms with Crippen LogP contribution in [0.25, 0.3) is 0 Å². The maximum absolute atomic E-state index is 11.0. The molecule has 100 valence electrons. The Labute approximate surface area is 108 Å². The standard InChI is InChI=1S/C15H22O3/c1-9(2)11-5-4-10(3)6-12(11)15-13(17)8-18-14(15)7-16/h7-12,17H,4-6H2,1-3H3. The molecule has 0 aliphatic heterocycles. The Balaban J connectivity index is 2.37. The summed E-state index contributed by atoms with van der Waals surface area (Å²) < 4.78 is 5.14. The fraction of sp³-hybridized carbons (Fsp3) is 0.667. The van der Waals surface area contributed by atoms with Gasteiger partial charge < -0.3 is 9.52 Å². The minimum absolute atomic E-state index is 0.141. The molecule has 18 heavy (non-hydrogen) atoms. The predicted molar refractivity (Wildman–Crippen MR) is 69.8 cm³/mol. The van der Waals surface area contributed by atoms with Gasteiger partial charge in [-0.1, -0.05) is 27.2 Å². The van der Waals surface area contributed by atoms with Gasteiger partial charge in [0.15, 0.2) is 17.8 Å². The van der Waals surface area contributed by atoms with E-state index >= 15 is 0 Å². The first-order valence-electron chi connectivity index (χ1n) is 6.80. The monoisotopic (exact) mass is 250 g/mol. The highest BCUT2D eigenvalue weighted by Gasteiger charge is 2.35. The number of hydrogen-bond acceptors (Lipinski definition) is 3. The minimum atomic E-state index is 0.141. The van der Waals surface area contributed by atoms with Crippen LogP contribution < -0.4 is 0 Å². The third kappa shape index (κ3) is 2.31. The predicted octanol–water partition coefficient (Wildman–Crippen LogP) is 3.97. The lowest BCUT2D eigenvalue weighted by atomic mass is 9.67. The van der Waals surface area contributed by atoms with E-state index in [0.717, 1.165) is 18.4 Å². The number of rotatable bonds is 3. The van der Waals surface area contributed by atoms with E-state index in [1.165, 1.54) is 12.7 Å². The summed E-state index contributed by atoms with van der Waals surface area (Å²) in [4.78, 5) is 11.0. The summed E-state index contributed by atoms with van der Waals surface area (Å²) in [6.07, 6.45) is 5.42. The SMILES string of the molecule is CC1CCC(C(C)C)C(c2c(O)coc2C=O)C1. The molecular formula is C15H22O3. The van der Waals surface area contributed by atoms with Crippen molar-refractivity contribution in [3.63, 3.8) is 0 Å². The summed E-state index contributed by atoms with van der Waals surface area (Å²) in [5.74, 6) is 2.39. The van der Waals surface area contributed by atoms with Crippen LogP contribution in [0.3, 0.4) is 0 Å². The topological polar surface area (TPSA) is 50.4 Å². The fourth-order valence-corrected chi connectivity index (χ4v) is 3.37. The molecule has 1 saturated carbocycles. The molecule has 1 aliphatic carbocycles. The van der Waals surface area contributed by atoms with E-state index < -0.39 is 0 Å². The number of carbonyl (C=O) groups excluding carboxylic acids is 1. The van der Waals surface area contributed by atoms with Crippen LogP contribution in [-0.4, -0.2) is 11.4 Å². The van der Waals surface area contributed by atoms with Gasteiger partial charge in [0.25, 0.3) is 0 Å². The summed E-state index contributed by atoms with van der Waals surface area (Å²) in [5, 5.41) is 9.95. The van der Waals surface area contributed by atoms with Gasteiger partial charge in [-0.3, -0.25) is 4.79 Å². The van der Waals surface area contributed by atoms with Crippen LogP contribution in [0.15, 0.2) is 10.7 Å². The van der Waals surface area contributed by atoms with Gasteiger partial charge in [0, 0.05) is 5.56 Å². The van der Waals surface area contributed by atoms with Gasteiger partial charge in [-0.05, 0) is 36.5 Å². The molecule has 0 spiro atoms. The zero-order valence-corrected chi connectivity index (χ0v) is 11.3. The quantitative estimate of drug-likeness (QED) is 0.826. The molecule has 0 saturated heterocycles. The van der Waals surface area contributed by atoms with Gasteiger partial charge in [0.2, 0.25) is 0 Å². The van der Waals surface area contributed by atoms with Crippen LogP contribution in [0.5, 0.6) is 5.75 Å². The third-order valence-corrected chi connectivity index (χ3v) is 4.34. The van der Waals surface area contributed by atoms with Crippen LogP contribution in [0.4, 0.5) is 0 Å². The van der Waals surface area contributed by atoms with Crippen molar-refractivity contribution >= 4 is 6.29 Å². The zero-order chi connectivity index (χ0) is 13.3. The van der Waals surface area contributed by atoms with Crippen molar-refractivity contribution in [2.75, 3.05) is 0 Å². The van der Waals surface area contributed by atoms with E-state index in [0.29, 0.717) is 29.8 Å². The van der Waals surface area contributed by atoms with Crippen molar-refractivity contribution in [2.24, 2.45) is 17.8 Å². The highest BCUT2D eigenvalue weighted by Crippen LogP contribution is 2.47. The second-order valence-corrected chi connectivity index (χ2v) is 5.95. The molecule has 3 unspecified atom stereocenters. The molecule has 1 N–H and O–H groups in total. The van der Waals surface area contributed by atoms with Crippen LogP contribution >= 0.6 is 0 Å². The zero-order valence-electron chi connectivity index (χ0n) is 11.3. The first-order valence-corrected chi connectivity index (χ1v) is 6.80. The molecule has 0 amide bonds. The molecule has 1 heterocycles. The molecule has 2 rings (SSSR count). The summed E-state index contributed by atoms with van der Waals surface area (Å²) in [7, 11) is 0. The molecular weight excluding hydrogens is 228 g/mol. The van der Waals surface area contributed by atoms with Gasteiger partial charge in [-0.2, -0.15) is 0 Å². The van der Waals surface area contributed by atoms with E-state index in [9.17, 15) is 9.90 Å². The highest BCUT2D eigenvalue weighted by molar-refractivity contribution is 5.75. The lowest BCUT2D eigenvalue weighted by Gasteiger charge is -2.37. The maximum Gasteiger partial charge on any atom is 0.185 e.